The lowest BCUT2D eigenvalue weighted by Gasteiger charge is -2.21. The lowest BCUT2D eigenvalue weighted by Crippen LogP contribution is -2.22. The molecule has 0 spiro atoms. The zero-order valence-electron chi connectivity index (χ0n) is 9.57. The molecule has 98 valence electrons. The number of rotatable bonds is 3. The topological polar surface area (TPSA) is 61.3 Å². The van der Waals surface area contributed by atoms with E-state index in [-0.39, 0.29) is 15.9 Å². The molecule has 1 saturated heterocycles. The van der Waals surface area contributed by atoms with E-state index in [2.05, 4.69) is 10.2 Å². The number of carbonyl (C=O) groups is 1. The number of nitrogens with zero attached hydrogens (tertiary/aromatic N) is 2. The van der Waals surface area contributed by atoms with Crippen molar-refractivity contribution in [3.63, 3.8) is 0 Å². The van der Waals surface area contributed by atoms with Crippen LogP contribution in [0.5, 0.6) is 0 Å². The van der Waals surface area contributed by atoms with Gasteiger partial charge in [-0.05, 0) is 24.8 Å². The summed E-state index contributed by atoms with van der Waals surface area (Å²) in [6.45, 7) is 1.79. The Labute approximate surface area is 114 Å². The van der Waals surface area contributed by atoms with Gasteiger partial charge in [0.2, 0.25) is 0 Å². The molecule has 0 bridgehead atoms. The minimum Gasteiger partial charge on any atom is -0.462 e. The first-order valence-corrected chi connectivity index (χ1v) is 6.36. The van der Waals surface area contributed by atoms with Gasteiger partial charge in [0.15, 0.2) is 10.3 Å². The van der Waals surface area contributed by atoms with Crippen LogP contribution < -0.4 is 0 Å². The van der Waals surface area contributed by atoms with Gasteiger partial charge in [-0.25, -0.2) is 4.79 Å². The zero-order chi connectivity index (χ0) is 13.0. The van der Waals surface area contributed by atoms with Gasteiger partial charge in [-0.2, -0.15) is 0 Å². The van der Waals surface area contributed by atoms with Crippen molar-refractivity contribution < 1.29 is 14.3 Å². The molecule has 7 heteroatoms. The summed E-state index contributed by atoms with van der Waals surface area (Å²) in [5.74, 6) is -0.185. The van der Waals surface area contributed by atoms with Crippen LogP contribution in [0.2, 0.25) is 10.3 Å². The van der Waals surface area contributed by atoms with E-state index >= 15 is 0 Å². The molecule has 18 heavy (non-hydrogen) atoms. The first-order chi connectivity index (χ1) is 8.66. The number of aromatic nitrogens is 2. The second-order valence-electron chi connectivity index (χ2n) is 4.03. The molecule has 2 heterocycles. The van der Waals surface area contributed by atoms with E-state index in [0.29, 0.717) is 25.7 Å². The maximum absolute atomic E-state index is 11.8. The largest absolute Gasteiger partial charge is 0.462 e. The lowest BCUT2D eigenvalue weighted by atomic mass is 10.0. The summed E-state index contributed by atoms with van der Waals surface area (Å²) in [6.07, 6.45) is 1.80. The second-order valence-corrected chi connectivity index (χ2v) is 4.77. The molecule has 0 aromatic carbocycles. The predicted octanol–water partition coefficient (Wildman–Crippen LogP) is 2.37. The van der Waals surface area contributed by atoms with Crippen molar-refractivity contribution in [2.75, 3.05) is 19.8 Å². The number of hydrogen-bond acceptors (Lipinski definition) is 5. The van der Waals surface area contributed by atoms with Gasteiger partial charge in [0.25, 0.3) is 0 Å². The molecule has 5 nitrogen and oxygen atoms in total. The Bertz CT molecular complexity index is 436. The maximum atomic E-state index is 11.8. The van der Waals surface area contributed by atoms with E-state index in [1.165, 1.54) is 6.07 Å². The summed E-state index contributed by atoms with van der Waals surface area (Å²) >= 11 is 11.4. The number of carbonyl (C=O) groups excluding carboxylic acids is 1. The van der Waals surface area contributed by atoms with Gasteiger partial charge >= 0.3 is 5.97 Å². The minimum atomic E-state index is -0.525. The second kappa shape index (κ2) is 6.31. The summed E-state index contributed by atoms with van der Waals surface area (Å²) in [7, 11) is 0. The fourth-order valence-electron chi connectivity index (χ4n) is 1.68. The fraction of sp³-hybridized carbons (Fsp3) is 0.545. The standard InChI is InChI=1S/C11H12Cl2N2O3/c12-9-5-8(10(13)15-14-9)11(16)18-6-7-1-3-17-4-2-7/h5,7H,1-4,6H2. The van der Waals surface area contributed by atoms with Gasteiger partial charge in [0, 0.05) is 13.2 Å². The Kier molecular flexibility index (Phi) is 4.74. The number of ether oxygens (including phenoxy) is 2. The van der Waals surface area contributed by atoms with Gasteiger partial charge in [0.1, 0.15) is 5.56 Å². The van der Waals surface area contributed by atoms with Crippen LogP contribution in [0.25, 0.3) is 0 Å². The van der Waals surface area contributed by atoms with Crippen LogP contribution in [-0.4, -0.2) is 36.0 Å². The van der Waals surface area contributed by atoms with Crippen LogP contribution in [0, 0.1) is 5.92 Å². The van der Waals surface area contributed by atoms with Gasteiger partial charge in [-0.15, -0.1) is 10.2 Å². The summed E-state index contributed by atoms with van der Waals surface area (Å²) < 4.78 is 10.4. The monoisotopic (exact) mass is 290 g/mol. The molecule has 1 fully saturated rings. The van der Waals surface area contributed by atoms with Crippen molar-refractivity contribution in [1.82, 2.24) is 10.2 Å². The quantitative estimate of drug-likeness (QED) is 0.800. The average Bonchev–Trinajstić information content (AvgIpc) is 2.40. The zero-order valence-corrected chi connectivity index (χ0v) is 11.1. The molecule has 1 aromatic rings. The first kappa shape index (κ1) is 13.5. The highest BCUT2D eigenvalue weighted by Gasteiger charge is 2.19. The third-order valence-electron chi connectivity index (χ3n) is 2.73. The smallest absolute Gasteiger partial charge is 0.341 e. The summed E-state index contributed by atoms with van der Waals surface area (Å²) in [5.41, 5.74) is 0.142. The molecule has 0 unspecified atom stereocenters. The molecule has 1 aliphatic heterocycles. The minimum absolute atomic E-state index is 0.00335. The molecule has 0 aliphatic carbocycles. The molecule has 1 aromatic heterocycles. The van der Waals surface area contributed by atoms with E-state index in [0.717, 1.165) is 12.8 Å². The van der Waals surface area contributed by atoms with Crippen molar-refractivity contribution >= 4 is 29.2 Å². The molecule has 2 rings (SSSR count). The van der Waals surface area contributed by atoms with E-state index in [4.69, 9.17) is 32.7 Å². The van der Waals surface area contributed by atoms with Gasteiger partial charge < -0.3 is 9.47 Å². The van der Waals surface area contributed by atoms with Crippen LogP contribution in [0.15, 0.2) is 6.07 Å². The third kappa shape index (κ3) is 3.54. The van der Waals surface area contributed by atoms with Crippen molar-refractivity contribution in [3.8, 4) is 0 Å². The van der Waals surface area contributed by atoms with Crippen LogP contribution in [0.3, 0.4) is 0 Å². The highest BCUT2D eigenvalue weighted by molar-refractivity contribution is 6.33. The fourth-order valence-corrected chi connectivity index (χ4v) is 2.00. The van der Waals surface area contributed by atoms with Gasteiger partial charge in [0.05, 0.1) is 6.61 Å². The highest BCUT2D eigenvalue weighted by atomic mass is 35.5. The van der Waals surface area contributed by atoms with Crippen molar-refractivity contribution in [2.24, 2.45) is 5.92 Å². The number of esters is 1. The third-order valence-corrected chi connectivity index (χ3v) is 3.19. The number of halogens is 2. The van der Waals surface area contributed by atoms with Crippen molar-refractivity contribution in [2.45, 2.75) is 12.8 Å². The van der Waals surface area contributed by atoms with Crippen LogP contribution in [0.4, 0.5) is 0 Å². The van der Waals surface area contributed by atoms with E-state index < -0.39 is 5.97 Å². The van der Waals surface area contributed by atoms with Crippen LogP contribution in [-0.2, 0) is 9.47 Å². The summed E-state index contributed by atoms with van der Waals surface area (Å²) in [6, 6.07) is 1.35. The lowest BCUT2D eigenvalue weighted by molar-refractivity contribution is 0.0185. The molecular formula is C11H12Cl2N2O3. The molecule has 1 aliphatic rings. The molecular weight excluding hydrogens is 279 g/mol. The van der Waals surface area contributed by atoms with Crippen molar-refractivity contribution in [1.29, 1.82) is 0 Å². The Morgan fingerprint density at radius 1 is 1.39 bits per heavy atom. The average molecular weight is 291 g/mol. The SMILES string of the molecule is O=C(OCC1CCOCC1)c1cc(Cl)nnc1Cl. The summed E-state index contributed by atoms with van der Waals surface area (Å²) in [5, 5.41) is 7.19. The molecule has 0 saturated carbocycles. The Hall–Kier alpha value is -0.910. The Morgan fingerprint density at radius 2 is 2.11 bits per heavy atom. The Balaban J connectivity index is 1.92. The van der Waals surface area contributed by atoms with Crippen molar-refractivity contribution in [3.05, 3.63) is 21.9 Å². The van der Waals surface area contributed by atoms with E-state index in [1.54, 1.807) is 0 Å². The first-order valence-electron chi connectivity index (χ1n) is 5.60. The molecule has 0 radical (unpaired) electrons. The predicted molar refractivity (Wildman–Crippen MR) is 65.9 cm³/mol. The number of hydrogen-bond donors (Lipinski definition) is 0. The highest BCUT2D eigenvalue weighted by Crippen LogP contribution is 2.19. The maximum Gasteiger partial charge on any atom is 0.341 e. The van der Waals surface area contributed by atoms with Crippen LogP contribution in [0.1, 0.15) is 23.2 Å². The molecule has 0 amide bonds. The van der Waals surface area contributed by atoms with Crippen LogP contribution >= 0.6 is 23.2 Å². The Morgan fingerprint density at radius 3 is 2.83 bits per heavy atom. The van der Waals surface area contributed by atoms with E-state index in [1.807, 2.05) is 0 Å². The molecule has 0 atom stereocenters. The molecule has 0 N–H and O–H groups in total. The summed E-state index contributed by atoms with van der Waals surface area (Å²) in [4.78, 5) is 11.8. The van der Waals surface area contributed by atoms with Gasteiger partial charge in [-0.3, -0.25) is 0 Å². The van der Waals surface area contributed by atoms with E-state index in [9.17, 15) is 4.79 Å². The van der Waals surface area contributed by atoms with Gasteiger partial charge in [-0.1, -0.05) is 23.2 Å². The normalized spacial score (nSPS) is 16.6.